The molecule has 0 atom stereocenters. The van der Waals surface area contributed by atoms with Crippen LogP contribution in [-0.4, -0.2) is 26.7 Å². The standard InChI is InChI=1S/C22H16FNO4/c23-20-19-14(11-18(25)26)7-4-10-17(19)24(21(20)22(27)28)12-15-8-3-6-13-5-1-2-9-16(13)15/h1-10H,11-12H2,(H,25,26)(H,27,28). The fourth-order valence-corrected chi connectivity index (χ4v) is 3.71. The van der Waals surface area contributed by atoms with Crippen molar-refractivity contribution in [2.24, 2.45) is 0 Å². The number of rotatable bonds is 5. The molecule has 5 nitrogen and oxygen atoms in total. The van der Waals surface area contributed by atoms with E-state index >= 15 is 4.39 Å². The van der Waals surface area contributed by atoms with Crippen LogP contribution < -0.4 is 0 Å². The molecule has 4 rings (SSSR count). The minimum Gasteiger partial charge on any atom is -0.481 e. The second-order valence-electron chi connectivity index (χ2n) is 6.57. The van der Waals surface area contributed by atoms with Gasteiger partial charge in [0.1, 0.15) is 0 Å². The molecule has 0 fully saturated rings. The summed E-state index contributed by atoms with van der Waals surface area (Å²) in [6, 6.07) is 18.1. The number of hydrogen-bond donors (Lipinski definition) is 2. The monoisotopic (exact) mass is 377 g/mol. The van der Waals surface area contributed by atoms with E-state index in [1.807, 2.05) is 42.5 Å². The number of aromatic nitrogens is 1. The van der Waals surface area contributed by atoms with Crippen LogP contribution in [0.15, 0.2) is 60.7 Å². The summed E-state index contributed by atoms with van der Waals surface area (Å²) in [6.07, 6.45) is -0.383. The molecule has 4 aromatic rings. The molecule has 0 aliphatic carbocycles. The maximum atomic E-state index is 15.1. The van der Waals surface area contributed by atoms with Gasteiger partial charge in [-0.25, -0.2) is 9.18 Å². The molecule has 0 radical (unpaired) electrons. The van der Waals surface area contributed by atoms with E-state index in [1.54, 1.807) is 12.1 Å². The van der Waals surface area contributed by atoms with E-state index in [2.05, 4.69) is 0 Å². The first-order valence-corrected chi connectivity index (χ1v) is 8.68. The topological polar surface area (TPSA) is 79.5 Å². The molecular formula is C22H16FNO4. The Morgan fingerprint density at radius 1 is 0.893 bits per heavy atom. The van der Waals surface area contributed by atoms with Gasteiger partial charge in [-0.2, -0.15) is 0 Å². The summed E-state index contributed by atoms with van der Waals surface area (Å²) in [7, 11) is 0. The first-order chi connectivity index (χ1) is 13.5. The Kier molecular flexibility index (Phi) is 4.31. The maximum absolute atomic E-state index is 15.1. The summed E-state index contributed by atoms with van der Waals surface area (Å²) >= 11 is 0. The molecule has 3 aromatic carbocycles. The van der Waals surface area contributed by atoms with Gasteiger partial charge in [0.2, 0.25) is 0 Å². The van der Waals surface area contributed by atoms with Gasteiger partial charge in [0.25, 0.3) is 0 Å². The van der Waals surface area contributed by atoms with E-state index in [1.165, 1.54) is 10.6 Å². The summed E-state index contributed by atoms with van der Waals surface area (Å²) in [4.78, 5) is 23.0. The third-order valence-corrected chi connectivity index (χ3v) is 4.87. The van der Waals surface area contributed by atoms with Gasteiger partial charge in [-0.3, -0.25) is 4.79 Å². The van der Waals surface area contributed by atoms with Crippen molar-refractivity contribution in [1.82, 2.24) is 4.57 Å². The summed E-state index contributed by atoms with van der Waals surface area (Å²) in [5.74, 6) is -3.40. The molecule has 0 saturated heterocycles. The predicted octanol–water partition coefficient (Wildman–Crippen LogP) is 4.31. The van der Waals surface area contributed by atoms with Crippen LogP contribution in [0.5, 0.6) is 0 Å². The van der Waals surface area contributed by atoms with Crippen molar-refractivity contribution >= 4 is 33.6 Å². The first kappa shape index (κ1) is 17.7. The van der Waals surface area contributed by atoms with Crippen LogP contribution in [0.1, 0.15) is 21.6 Å². The lowest BCUT2D eigenvalue weighted by Gasteiger charge is -2.11. The van der Waals surface area contributed by atoms with Gasteiger partial charge in [0.15, 0.2) is 11.5 Å². The SMILES string of the molecule is O=C(O)Cc1cccc2c1c(F)c(C(=O)O)n2Cc1cccc2ccccc12. The lowest BCUT2D eigenvalue weighted by atomic mass is 10.0. The summed E-state index contributed by atoms with van der Waals surface area (Å²) in [6.45, 7) is 0.153. The zero-order valence-corrected chi connectivity index (χ0v) is 14.7. The van der Waals surface area contributed by atoms with Gasteiger partial charge < -0.3 is 14.8 Å². The van der Waals surface area contributed by atoms with Crippen LogP contribution in [0.25, 0.3) is 21.7 Å². The Morgan fingerprint density at radius 2 is 1.57 bits per heavy atom. The minimum absolute atomic E-state index is 0.0440. The largest absolute Gasteiger partial charge is 0.481 e. The first-order valence-electron chi connectivity index (χ1n) is 8.68. The summed E-state index contributed by atoms with van der Waals surface area (Å²) in [5, 5.41) is 20.7. The average molecular weight is 377 g/mol. The molecular weight excluding hydrogens is 361 g/mol. The molecule has 0 aliphatic heterocycles. The molecule has 1 heterocycles. The van der Waals surface area contributed by atoms with E-state index < -0.39 is 23.4 Å². The molecule has 0 unspecified atom stereocenters. The highest BCUT2D eigenvalue weighted by Crippen LogP contribution is 2.30. The molecule has 2 N–H and O–H groups in total. The molecule has 1 aromatic heterocycles. The average Bonchev–Trinajstić information content (AvgIpc) is 2.94. The van der Waals surface area contributed by atoms with Gasteiger partial charge in [-0.1, -0.05) is 54.6 Å². The highest BCUT2D eigenvalue weighted by atomic mass is 19.1. The molecule has 0 bridgehead atoms. The summed E-state index contributed by atoms with van der Waals surface area (Å²) < 4.78 is 16.5. The molecule has 0 aliphatic rings. The quantitative estimate of drug-likeness (QED) is 0.543. The zero-order valence-electron chi connectivity index (χ0n) is 14.7. The molecule has 6 heteroatoms. The van der Waals surface area contributed by atoms with Gasteiger partial charge >= 0.3 is 11.9 Å². The highest BCUT2D eigenvalue weighted by molar-refractivity contribution is 5.98. The normalized spacial score (nSPS) is 11.2. The number of hydrogen-bond acceptors (Lipinski definition) is 2. The van der Waals surface area contributed by atoms with E-state index in [9.17, 15) is 14.7 Å². The van der Waals surface area contributed by atoms with Gasteiger partial charge in [0, 0.05) is 11.9 Å². The van der Waals surface area contributed by atoms with E-state index in [-0.39, 0.29) is 23.9 Å². The highest BCUT2D eigenvalue weighted by Gasteiger charge is 2.25. The van der Waals surface area contributed by atoms with Crippen LogP contribution >= 0.6 is 0 Å². The fourth-order valence-electron chi connectivity index (χ4n) is 3.71. The molecule has 28 heavy (non-hydrogen) atoms. The van der Waals surface area contributed by atoms with Crippen LogP contribution in [0.2, 0.25) is 0 Å². The predicted molar refractivity (Wildman–Crippen MR) is 103 cm³/mol. The molecule has 0 saturated carbocycles. The van der Waals surface area contributed by atoms with Crippen molar-refractivity contribution in [3.63, 3.8) is 0 Å². The minimum atomic E-state index is -1.39. The Labute approximate surface area is 159 Å². The van der Waals surface area contributed by atoms with E-state index in [0.717, 1.165) is 16.3 Å². The Morgan fingerprint density at radius 3 is 2.32 bits per heavy atom. The third-order valence-electron chi connectivity index (χ3n) is 4.87. The maximum Gasteiger partial charge on any atom is 0.355 e. The van der Waals surface area contributed by atoms with Crippen molar-refractivity contribution in [2.45, 2.75) is 13.0 Å². The molecule has 140 valence electrons. The smallest absolute Gasteiger partial charge is 0.355 e. The number of fused-ring (bicyclic) bond motifs is 2. The Hall–Kier alpha value is -3.67. The van der Waals surface area contributed by atoms with Crippen molar-refractivity contribution in [3.8, 4) is 0 Å². The lowest BCUT2D eigenvalue weighted by Crippen LogP contribution is -2.11. The number of carbonyl (C=O) groups is 2. The number of halogens is 1. The fraction of sp³-hybridized carbons (Fsp3) is 0.0909. The Bertz CT molecular complexity index is 1240. The van der Waals surface area contributed by atoms with Crippen LogP contribution in [-0.2, 0) is 17.8 Å². The van der Waals surface area contributed by atoms with Crippen molar-refractivity contribution < 1.29 is 24.2 Å². The van der Waals surface area contributed by atoms with Gasteiger partial charge in [-0.05, 0) is 28.0 Å². The number of carboxylic acid groups (broad SMARTS) is 2. The number of aliphatic carboxylic acids is 1. The number of aromatic carboxylic acids is 1. The van der Waals surface area contributed by atoms with Crippen molar-refractivity contribution in [3.05, 3.63) is 83.3 Å². The van der Waals surface area contributed by atoms with Crippen molar-refractivity contribution in [2.75, 3.05) is 0 Å². The number of nitrogens with zero attached hydrogens (tertiary/aromatic N) is 1. The lowest BCUT2D eigenvalue weighted by molar-refractivity contribution is -0.136. The third kappa shape index (κ3) is 2.89. The Balaban J connectivity index is 1.97. The number of benzene rings is 3. The van der Waals surface area contributed by atoms with E-state index in [4.69, 9.17) is 5.11 Å². The zero-order chi connectivity index (χ0) is 19.8. The van der Waals surface area contributed by atoms with Crippen LogP contribution in [0.4, 0.5) is 4.39 Å². The second kappa shape index (κ2) is 6.81. The van der Waals surface area contributed by atoms with Crippen LogP contribution in [0.3, 0.4) is 0 Å². The second-order valence-corrected chi connectivity index (χ2v) is 6.57. The van der Waals surface area contributed by atoms with Crippen LogP contribution in [0, 0.1) is 5.82 Å². The van der Waals surface area contributed by atoms with E-state index in [0.29, 0.717) is 5.52 Å². The summed E-state index contributed by atoms with van der Waals surface area (Å²) in [5.41, 5.74) is 0.991. The number of carboxylic acids is 2. The molecule has 0 spiro atoms. The van der Waals surface area contributed by atoms with Crippen molar-refractivity contribution in [1.29, 1.82) is 0 Å². The van der Waals surface area contributed by atoms with Gasteiger partial charge in [-0.15, -0.1) is 0 Å². The van der Waals surface area contributed by atoms with Gasteiger partial charge in [0.05, 0.1) is 11.9 Å². The molecule has 0 amide bonds.